The highest BCUT2D eigenvalue weighted by Gasteiger charge is 2.15. The van der Waals surface area contributed by atoms with Crippen molar-refractivity contribution in [2.45, 2.75) is 31.2 Å². The summed E-state index contributed by atoms with van der Waals surface area (Å²) in [6.45, 7) is 3.34. The number of hydrogen-bond acceptors (Lipinski definition) is 4. The standard InChI is InChI=1S/C13H18N2O5S/c1-3-14-21(19,20)11-6-4-10(5-7-11)8-12(16)15-9(2)13(17)18/h4-7,9,14H,3,8H2,1-2H3,(H,15,16)(H,17,18)/t9-/m0/s1. The Morgan fingerprint density at radius 2 is 1.81 bits per heavy atom. The van der Waals surface area contributed by atoms with E-state index in [1.165, 1.54) is 31.2 Å². The maximum atomic E-state index is 11.7. The average Bonchev–Trinajstić information content (AvgIpc) is 2.38. The molecule has 0 saturated heterocycles. The van der Waals surface area contributed by atoms with Gasteiger partial charge in [-0.2, -0.15) is 0 Å². The lowest BCUT2D eigenvalue weighted by molar-refractivity contribution is -0.141. The van der Waals surface area contributed by atoms with Crippen molar-refractivity contribution in [3.63, 3.8) is 0 Å². The molecule has 7 nitrogen and oxygen atoms in total. The zero-order valence-electron chi connectivity index (χ0n) is 11.8. The fourth-order valence-electron chi connectivity index (χ4n) is 1.60. The lowest BCUT2D eigenvalue weighted by Crippen LogP contribution is -2.39. The van der Waals surface area contributed by atoms with Crippen LogP contribution in [0.1, 0.15) is 19.4 Å². The highest BCUT2D eigenvalue weighted by atomic mass is 32.2. The van der Waals surface area contributed by atoms with Crippen LogP contribution in [0.2, 0.25) is 0 Å². The molecule has 0 saturated carbocycles. The molecule has 0 bridgehead atoms. The third-order valence-corrected chi connectivity index (χ3v) is 4.24. The molecule has 1 amide bonds. The van der Waals surface area contributed by atoms with Gasteiger partial charge >= 0.3 is 5.97 Å². The Kier molecular flexibility index (Phi) is 5.86. The zero-order chi connectivity index (χ0) is 16.0. The first-order chi connectivity index (χ1) is 9.76. The molecule has 21 heavy (non-hydrogen) atoms. The summed E-state index contributed by atoms with van der Waals surface area (Å²) in [7, 11) is -3.51. The minimum absolute atomic E-state index is 0.0147. The molecule has 116 valence electrons. The predicted octanol–water partition coefficient (Wildman–Crippen LogP) is 0.117. The second kappa shape index (κ2) is 7.19. The van der Waals surface area contributed by atoms with Crippen molar-refractivity contribution in [3.8, 4) is 0 Å². The number of benzene rings is 1. The van der Waals surface area contributed by atoms with Gasteiger partial charge in [-0.1, -0.05) is 19.1 Å². The number of hydrogen-bond donors (Lipinski definition) is 3. The van der Waals surface area contributed by atoms with Crippen molar-refractivity contribution in [2.75, 3.05) is 6.54 Å². The van der Waals surface area contributed by atoms with E-state index in [0.717, 1.165) is 0 Å². The van der Waals surface area contributed by atoms with Crippen LogP contribution >= 0.6 is 0 Å². The fraction of sp³-hybridized carbons (Fsp3) is 0.385. The van der Waals surface area contributed by atoms with E-state index in [-0.39, 0.29) is 11.3 Å². The second-order valence-corrected chi connectivity index (χ2v) is 6.22. The van der Waals surface area contributed by atoms with Gasteiger partial charge in [-0.3, -0.25) is 9.59 Å². The van der Waals surface area contributed by atoms with Gasteiger partial charge in [0.05, 0.1) is 11.3 Å². The SMILES string of the molecule is CCNS(=O)(=O)c1ccc(CC(=O)N[C@@H](C)C(=O)O)cc1. The molecule has 1 atom stereocenters. The van der Waals surface area contributed by atoms with E-state index < -0.39 is 27.9 Å². The maximum absolute atomic E-state index is 11.7. The monoisotopic (exact) mass is 314 g/mol. The number of nitrogens with one attached hydrogen (secondary N) is 2. The molecule has 3 N–H and O–H groups in total. The number of aliphatic carboxylic acids is 1. The highest BCUT2D eigenvalue weighted by Crippen LogP contribution is 2.10. The summed E-state index contributed by atoms with van der Waals surface area (Å²) in [4.78, 5) is 22.3. The zero-order valence-corrected chi connectivity index (χ0v) is 12.6. The van der Waals surface area contributed by atoms with Crippen molar-refractivity contribution in [2.24, 2.45) is 0 Å². The van der Waals surface area contributed by atoms with Crippen LogP contribution < -0.4 is 10.0 Å². The third kappa shape index (κ3) is 5.16. The average molecular weight is 314 g/mol. The number of carbonyl (C=O) groups is 2. The number of carbonyl (C=O) groups excluding carboxylic acids is 1. The van der Waals surface area contributed by atoms with E-state index in [0.29, 0.717) is 12.1 Å². The highest BCUT2D eigenvalue weighted by molar-refractivity contribution is 7.89. The third-order valence-electron chi connectivity index (χ3n) is 2.68. The molecule has 1 aromatic rings. The van der Waals surface area contributed by atoms with E-state index in [1.807, 2.05) is 0 Å². The van der Waals surface area contributed by atoms with Crippen molar-refractivity contribution >= 4 is 21.9 Å². The second-order valence-electron chi connectivity index (χ2n) is 4.45. The van der Waals surface area contributed by atoms with Crippen molar-refractivity contribution < 1.29 is 23.1 Å². The predicted molar refractivity (Wildman–Crippen MR) is 76.2 cm³/mol. The molecule has 1 aromatic carbocycles. The van der Waals surface area contributed by atoms with Crippen LogP contribution in [0.3, 0.4) is 0 Å². The number of rotatable bonds is 7. The molecule has 0 aliphatic heterocycles. The largest absolute Gasteiger partial charge is 0.480 e. The lowest BCUT2D eigenvalue weighted by atomic mass is 10.1. The molecule has 0 unspecified atom stereocenters. The molecule has 0 fully saturated rings. The summed E-state index contributed by atoms with van der Waals surface area (Å²) in [6, 6.07) is 4.89. The van der Waals surface area contributed by atoms with Gasteiger partial charge in [0, 0.05) is 6.54 Å². The normalized spacial score (nSPS) is 12.7. The van der Waals surface area contributed by atoms with Crippen LogP contribution in [0.25, 0.3) is 0 Å². The van der Waals surface area contributed by atoms with Crippen LogP contribution in [0.15, 0.2) is 29.2 Å². The lowest BCUT2D eigenvalue weighted by Gasteiger charge is -2.09. The minimum atomic E-state index is -3.51. The van der Waals surface area contributed by atoms with E-state index in [4.69, 9.17) is 5.11 Å². The van der Waals surface area contributed by atoms with E-state index in [9.17, 15) is 18.0 Å². The number of carboxylic acids is 1. The Balaban J connectivity index is 2.71. The Bertz CT molecular complexity index is 610. The van der Waals surface area contributed by atoms with Crippen LogP contribution in [0, 0.1) is 0 Å². The molecule has 0 radical (unpaired) electrons. The van der Waals surface area contributed by atoms with Gasteiger partial charge in [0.15, 0.2) is 0 Å². The van der Waals surface area contributed by atoms with Gasteiger partial charge in [0.25, 0.3) is 0 Å². The summed E-state index contributed by atoms with van der Waals surface area (Å²) in [5.41, 5.74) is 0.598. The Hall–Kier alpha value is -1.93. The summed E-state index contributed by atoms with van der Waals surface area (Å²) >= 11 is 0. The quantitative estimate of drug-likeness (QED) is 0.661. The molecular formula is C13H18N2O5S. The summed E-state index contributed by atoms with van der Waals surface area (Å²) in [6.07, 6.45) is -0.0147. The van der Waals surface area contributed by atoms with Crippen molar-refractivity contribution in [3.05, 3.63) is 29.8 Å². The fourth-order valence-corrected chi connectivity index (χ4v) is 2.64. The molecule has 1 rings (SSSR count). The molecule has 0 aliphatic rings. The van der Waals surface area contributed by atoms with Crippen LogP contribution in [0.5, 0.6) is 0 Å². The summed E-state index contributed by atoms with van der Waals surface area (Å²) in [5.74, 6) is -1.55. The van der Waals surface area contributed by atoms with Crippen molar-refractivity contribution in [1.29, 1.82) is 0 Å². The van der Waals surface area contributed by atoms with Gasteiger partial charge in [-0.15, -0.1) is 0 Å². The first-order valence-electron chi connectivity index (χ1n) is 6.37. The molecule has 0 heterocycles. The number of amides is 1. The number of carboxylic acid groups (broad SMARTS) is 1. The Morgan fingerprint density at radius 1 is 1.24 bits per heavy atom. The van der Waals surface area contributed by atoms with Crippen LogP contribution in [-0.4, -0.2) is 38.0 Å². The summed E-state index contributed by atoms with van der Waals surface area (Å²) < 4.78 is 25.8. The van der Waals surface area contributed by atoms with E-state index in [1.54, 1.807) is 6.92 Å². The first kappa shape index (κ1) is 17.1. The van der Waals surface area contributed by atoms with E-state index in [2.05, 4.69) is 10.0 Å². The van der Waals surface area contributed by atoms with Gasteiger partial charge in [-0.25, -0.2) is 13.1 Å². The van der Waals surface area contributed by atoms with Crippen molar-refractivity contribution in [1.82, 2.24) is 10.0 Å². The first-order valence-corrected chi connectivity index (χ1v) is 7.85. The van der Waals surface area contributed by atoms with Gasteiger partial charge in [-0.05, 0) is 24.6 Å². The van der Waals surface area contributed by atoms with Gasteiger partial charge in [0.2, 0.25) is 15.9 Å². The smallest absolute Gasteiger partial charge is 0.325 e. The Morgan fingerprint density at radius 3 is 2.29 bits per heavy atom. The molecule has 0 spiro atoms. The topological polar surface area (TPSA) is 113 Å². The van der Waals surface area contributed by atoms with Crippen LogP contribution in [0.4, 0.5) is 0 Å². The van der Waals surface area contributed by atoms with Gasteiger partial charge < -0.3 is 10.4 Å². The van der Waals surface area contributed by atoms with E-state index >= 15 is 0 Å². The number of sulfonamides is 1. The minimum Gasteiger partial charge on any atom is -0.480 e. The molecule has 0 aromatic heterocycles. The van der Waals surface area contributed by atoms with Crippen LogP contribution in [-0.2, 0) is 26.0 Å². The summed E-state index contributed by atoms with van der Waals surface area (Å²) in [5, 5.41) is 11.0. The Labute approximate surface area is 123 Å². The van der Waals surface area contributed by atoms with Gasteiger partial charge in [0.1, 0.15) is 6.04 Å². The maximum Gasteiger partial charge on any atom is 0.325 e. The molecular weight excluding hydrogens is 296 g/mol. The molecule has 8 heteroatoms. The molecule has 0 aliphatic carbocycles.